The fourth-order valence-electron chi connectivity index (χ4n) is 5.05. The Morgan fingerprint density at radius 3 is 2.19 bits per heavy atom. The molecular weight excluding hydrogens is 454 g/mol. The van der Waals surface area contributed by atoms with Crippen LogP contribution in [0.25, 0.3) is 0 Å². The van der Waals surface area contributed by atoms with Gasteiger partial charge < -0.3 is 14.5 Å². The number of hydrogen-bond acceptors (Lipinski definition) is 6. The Hall–Kier alpha value is -3.49. The lowest BCUT2D eigenvalue weighted by Gasteiger charge is -2.34. The Morgan fingerprint density at radius 1 is 0.889 bits per heavy atom. The van der Waals surface area contributed by atoms with Gasteiger partial charge in [0.2, 0.25) is 0 Å². The van der Waals surface area contributed by atoms with Gasteiger partial charge in [-0.05, 0) is 43.4 Å². The van der Waals surface area contributed by atoms with Crippen LogP contribution in [0.15, 0.2) is 75.2 Å². The van der Waals surface area contributed by atoms with Crippen molar-refractivity contribution in [3.05, 3.63) is 92.6 Å². The van der Waals surface area contributed by atoms with Crippen molar-refractivity contribution in [1.29, 1.82) is 0 Å². The van der Waals surface area contributed by atoms with Crippen LogP contribution < -0.4 is 16.1 Å². The number of hydrogen-bond donors (Lipinski definition) is 2. The van der Waals surface area contributed by atoms with Gasteiger partial charge in [0.1, 0.15) is 11.9 Å². The molecule has 0 aliphatic carbocycles. The average Bonchev–Trinajstić information content (AvgIpc) is 2.91. The molecule has 5 rings (SSSR count). The molecule has 1 aromatic heterocycles. The van der Waals surface area contributed by atoms with Gasteiger partial charge in [-0.15, -0.1) is 0 Å². The molecular formula is C28H33N5O3. The van der Waals surface area contributed by atoms with Crippen LogP contribution in [0, 0.1) is 0 Å². The monoisotopic (exact) mass is 487 g/mol. The highest BCUT2D eigenvalue weighted by molar-refractivity contribution is 5.78. The maximum Gasteiger partial charge on any atom is 0.327 e. The molecule has 2 aliphatic rings. The van der Waals surface area contributed by atoms with E-state index in [1.807, 2.05) is 17.0 Å². The van der Waals surface area contributed by atoms with Crippen molar-refractivity contribution < 1.29 is 4.74 Å². The van der Waals surface area contributed by atoms with Gasteiger partial charge in [-0.1, -0.05) is 60.7 Å². The molecule has 0 saturated carbocycles. The predicted molar refractivity (Wildman–Crippen MR) is 143 cm³/mol. The number of aromatic amines is 2. The minimum Gasteiger partial charge on any atom is -0.365 e. The topological polar surface area (TPSA) is 93.8 Å². The van der Waals surface area contributed by atoms with E-state index in [0.717, 1.165) is 51.9 Å². The standard InChI is InChI=1S/C28H33N5O3/c34-27-24-26(30-28(35)31-27)33(20-15-29-24)17-8-7-16-32-18-13-23(14-19-32)36-25(21-9-3-1-4-10-21)22-11-5-2-6-12-22/h1-6,9-12,15,23,25H,7-8,13-14,16-20H2,(H2,30,31,34,35). The van der Waals surface area contributed by atoms with E-state index in [1.165, 1.54) is 11.1 Å². The first kappa shape index (κ1) is 24.2. The van der Waals surface area contributed by atoms with Crippen molar-refractivity contribution in [1.82, 2.24) is 14.9 Å². The number of aromatic nitrogens is 2. The molecule has 3 aromatic rings. The number of H-pyrrole nitrogens is 2. The maximum atomic E-state index is 12.0. The SMILES string of the molecule is O=c1[nH]c2c(c(=O)[nH]1)N=CCN2CCCCN1CCC(OC(c2ccccc2)c2ccccc2)CC1. The van der Waals surface area contributed by atoms with E-state index in [2.05, 4.69) is 68.4 Å². The highest BCUT2D eigenvalue weighted by Crippen LogP contribution is 2.30. The molecule has 0 spiro atoms. The number of piperidine rings is 1. The lowest BCUT2D eigenvalue weighted by atomic mass is 10.00. The lowest BCUT2D eigenvalue weighted by molar-refractivity contribution is -0.0270. The van der Waals surface area contributed by atoms with E-state index in [0.29, 0.717) is 12.4 Å². The fraction of sp³-hybridized carbons (Fsp3) is 0.393. The zero-order valence-electron chi connectivity index (χ0n) is 20.4. The summed E-state index contributed by atoms with van der Waals surface area (Å²) >= 11 is 0. The van der Waals surface area contributed by atoms with Gasteiger partial charge in [0.25, 0.3) is 5.56 Å². The summed E-state index contributed by atoms with van der Waals surface area (Å²) < 4.78 is 6.67. The van der Waals surface area contributed by atoms with Crippen LogP contribution in [0.2, 0.25) is 0 Å². The largest absolute Gasteiger partial charge is 0.365 e. The van der Waals surface area contributed by atoms with Crippen LogP contribution >= 0.6 is 0 Å². The Balaban J connectivity index is 1.09. The third kappa shape index (κ3) is 5.83. The zero-order valence-corrected chi connectivity index (χ0v) is 20.4. The van der Waals surface area contributed by atoms with Gasteiger partial charge in [0, 0.05) is 25.8 Å². The molecule has 36 heavy (non-hydrogen) atoms. The summed E-state index contributed by atoms with van der Waals surface area (Å²) in [4.78, 5) is 37.3. The smallest absolute Gasteiger partial charge is 0.327 e. The lowest BCUT2D eigenvalue weighted by Crippen LogP contribution is -2.38. The molecule has 0 radical (unpaired) electrons. The Bertz CT molecular complexity index is 1220. The van der Waals surface area contributed by atoms with Crippen LogP contribution in [0.4, 0.5) is 11.5 Å². The molecule has 0 unspecified atom stereocenters. The normalized spacial score (nSPS) is 16.4. The van der Waals surface area contributed by atoms with Crippen LogP contribution in [0.5, 0.6) is 0 Å². The van der Waals surface area contributed by atoms with Crippen molar-refractivity contribution in [2.24, 2.45) is 4.99 Å². The van der Waals surface area contributed by atoms with Crippen LogP contribution in [-0.4, -0.2) is 59.9 Å². The minimum absolute atomic E-state index is 0.0430. The van der Waals surface area contributed by atoms with Crippen LogP contribution in [0.1, 0.15) is 42.9 Å². The Morgan fingerprint density at radius 2 is 1.53 bits per heavy atom. The predicted octanol–water partition coefficient (Wildman–Crippen LogP) is 3.64. The molecule has 188 valence electrons. The van der Waals surface area contributed by atoms with Crippen molar-refractivity contribution in [2.45, 2.75) is 37.9 Å². The summed E-state index contributed by atoms with van der Waals surface area (Å²) in [6.07, 6.45) is 6.00. The average molecular weight is 488 g/mol. The first-order chi connectivity index (χ1) is 17.7. The molecule has 8 nitrogen and oxygen atoms in total. The van der Waals surface area contributed by atoms with Gasteiger partial charge in [-0.2, -0.15) is 0 Å². The van der Waals surface area contributed by atoms with E-state index >= 15 is 0 Å². The number of aliphatic imine (C=N–C) groups is 1. The molecule has 0 bridgehead atoms. The summed E-state index contributed by atoms with van der Waals surface area (Å²) in [6.45, 7) is 4.47. The molecule has 3 heterocycles. The summed E-state index contributed by atoms with van der Waals surface area (Å²) in [5, 5.41) is 0. The van der Waals surface area contributed by atoms with Crippen LogP contribution in [0.3, 0.4) is 0 Å². The first-order valence-electron chi connectivity index (χ1n) is 12.8. The highest BCUT2D eigenvalue weighted by Gasteiger charge is 2.25. The van der Waals surface area contributed by atoms with Crippen molar-refractivity contribution in [3.63, 3.8) is 0 Å². The second kappa shape index (κ2) is 11.5. The van der Waals surface area contributed by atoms with E-state index in [-0.39, 0.29) is 17.9 Å². The minimum atomic E-state index is -0.493. The molecule has 1 fully saturated rings. The summed E-state index contributed by atoms with van der Waals surface area (Å²) in [6, 6.07) is 20.9. The molecule has 1 saturated heterocycles. The van der Waals surface area contributed by atoms with Gasteiger partial charge in [0.05, 0.1) is 12.6 Å². The van der Waals surface area contributed by atoms with E-state index in [1.54, 1.807) is 6.21 Å². The maximum absolute atomic E-state index is 12.0. The zero-order chi connectivity index (χ0) is 24.7. The van der Waals surface area contributed by atoms with Crippen LogP contribution in [-0.2, 0) is 4.74 Å². The van der Waals surface area contributed by atoms with E-state index in [9.17, 15) is 9.59 Å². The number of fused-ring (bicyclic) bond motifs is 1. The third-order valence-electron chi connectivity index (χ3n) is 6.96. The number of benzene rings is 2. The number of ether oxygens (including phenoxy) is 1. The number of likely N-dealkylation sites (tertiary alicyclic amines) is 1. The number of anilines is 1. The Kier molecular flexibility index (Phi) is 7.73. The van der Waals surface area contributed by atoms with Gasteiger partial charge in [-0.25, -0.2) is 9.79 Å². The fourth-order valence-corrected chi connectivity index (χ4v) is 5.05. The molecule has 2 N–H and O–H groups in total. The summed E-state index contributed by atoms with van der Waals surface area (Å²) in [5.74, 6) is 0.524. The third-order valence-corrected chi connectivity index (χ3v) is 6.96. The molecule has 2 aliphatic heterocycles. The molecule has 0 atom stereocenters. The quantitative estimate of drug-likeness (QED) is 0.450. The summed E-state index contributed by atoms with van der Waals surface area (Å²) in [7, 11) is 0. The molecule has 2 aromatic carbocycles. The van der Waals surface area contributed by atoms with Gasteiger partial charge >= 0.3 is 5.69 Å². The number of nitrogens with one attached hydrogen (secondary N) is 2. The second-order valence-electron chi connectivity index (χ2n) is 9.45. The van der Waals surface area contributed by atoms with Gasteiger partial charge in [-0.3, -0.25) is 14.8 Å². The summed E-state index contributed by atoms with van der Waals surface area (Å²) in [5.41, 5.74) is 1.74. The van der Waals surface area contributed by atoms with E-state index in [4.69, 9.17) is 4.74 Å². The first-order valence-corrected chi connectivity index (χ1v) is 12.8. The Labute approximate surface area is 210 Å². The number of unbranched alkanes of at least 4 members (excludes halogenated alkanes) is 1. The highest BCUT2D eigenvalue weighted by atomic mass is 16.5. The van der Waals surface area contributed by atoms with Crippen molar-refractivity contribution >= 4 is 17.7 Å². The number of rotatable bonds is 9. The van der Waals surface area contributed by atoms with Crippen molar-refractivity contribution in [2.75, 3.05) is 37.6 Å². The molecule has 8 heteroatoms. The van der Waals surface area contributed by atoms with Gasteiger partial charge in [0.15, 0.2) is 5.69 Å². The van der Waals surface area contributed by atoms with Crippen molar-refractivity contribution in [3.8, 4) is 0 Å². The molecule has 0 amide bonds. The number of nitrogens with zero attached hydrogens (tertiary/aromatic N) is 3. The van der Waals surface area contributed by atoms with E-state index < -0.39 is 11.2 Å². The second-order valence-corrected chi connectivity index (χ2v) is 9.45.